The molecule has 1 amide bonds. The average Bonchev–Trinajstić information content (AvgIpc) is 3.33. The number of esters is 1. The van der Waals surface area contributed by atoms with Gasteiger partial charge in [-0.05, 0) is 55.2 Å². The molecule has 0 spiro atoms. The third kappa shape index (κ3) is 5.81. The van der Waals surface area contributed by atoms with Crippen LogP contribution in [-0.2, 0) is 4.79 Å². The van der Waals surface area contributed by atoms with Gasteiger partial charge in [-0.3, -0.25) is 10.1 Å². The molecule has 33 heavy (non-hydrogen) atoms. The Morgan fingerprint density at radius 2 is 1.76 bits per heavy atom. The largest absolute Gasteiger partial charge is 0.423 e. The minimum atomic E-state index is -0.557. The van der Waals surface area contributed by atoms with Gasteiger partial charge in [0, 0.05) is 13.1 Å². The predicted molar refractivity (Wildman–Crippen MR) is 126 cm³/mol. The first kappa shape index (κ1) is 22.2. The van der Waals surface area contributed by atoms with Gasteiger partial charge in [0.25, 0.3) is 5.91 Å². The fraction of sp³-hybridized carbons (Fsp3) is 0.208. The third-order valence-corrected chi connectivity index (χ3v) is 5.94. The molecular weight excluding hydrogens is 438 g/mol. The lowest BCUT2D eigenvalue weighted by Crippen LogP contribution is -2.29. The van der Waals surface area contributed by atoms with Crippen LogP contribution in [0, 0.1) is 11.3 Å². The van der Waals surface area contributed by atoms with Crippen molar-refractivity contribution < 1.29 is 14.3 Å². The number of nitrogens with one attached hydrogen (secondary N) is 1. The van der Waals surface area contributed by atoms with E-state index < -0.39 is 11.9 Å². The molecule has 166 valence electrons. The summed E-state index contributed by atoms with van der Waals surface area (Å²) in [4.78, 5) is 26.9. The number of nitrogens with zero attached hydrogens (tertiary/aromatic N) is 4. The first-order valence-electron chi connectivity index (χ1n) is 10.5. The van der Waals surface area contributed by atoms with E-state index in [1.54, 1.807) is 48.5 Å². The Hall–Kier alpha value is -4.03. The van der Waals surface area contributed by atoms with Crippen molar-refractivity contribution in [1.82, 2.24) is 10.2 Å². The molecule has 1 aliphatic rings. The van der Waals surface area contributed by atoms with Gasteiger partial charge in [0.1, 0.15) is 17.4 Å². The molecule has 4 rings (SSSR count). The topological polar surface area (TPSA) is 108 Å². The SMILES string of the molecule is N#C/C(=C/c1ccc(OC(=O)c2ccccc2)cc1)C(=O)Nc1nnc(N2CCCCC2)s1. The fourth-order valence-corrected chi connectivity index (χ4v) is 4.12. The van der Waals surface area contributed by atoms with Crippen molar-refractivity contribution in [3.8, 4) is 11.8 Å². The maximum Gasteiger partial charge on any atom is 0.343 e. The number of hydrogen-bond acceptors (Lipinski definition) is 8. The maximum atomic E-state index is 12.6. The van der Waals surface area contributed by atoms with Gasteiger partial charge >= 0.3 is 5.97 Å². The Morgan fingerprint density at radius 3 is 2.45 bits per heavy atom. The van der Waals surface area contributed by atoms with Crippen LogP contribution in [0.5, 0.6) is 5.75 Å². The summed E-state index contributed by atoms with van der Waals surface area (Å²) in [6.07, 6.45) is 4.91. The summed E-state index contributed by atoms with van der Waals surface area (Å²) in [5.41, 5.74) is 0.997. The summed E-state index contributed by atoms with van der Waals surface area (Å²) in [5.74, 6) is -0.654. The molecule has 0 saturated carbocycles. The molecule has 1 N–H and O–H groups in total. The number of piperidine rings is 1. The highest BCUT2D eigenvalue weighted by Crippen LogP contribution is 2.27. The highest BCUT2D eigenvalue weighted by atomic mass is 32.1. The van der Waals surface area contributed by atoms with Crippen LogP contribution in [0.3, 0.4) is 0 Å². The maximum absolute atomic E-state index is 12.6. The van der Waals surface area contributed by atoms with Crippen LogP contribution in [0.2, 0.25) is 0 Å². The fourth-order valence-electron chi connectivity index (χ4n) is 3.33. The number of anilines is 2. The number of rotatable bonds is 6. The van der Waals surface area contributed by atoms with Crippen molar-refractivity contribution in [3.63, 3.8) is 0 Å². The van der Waals surface area contributed by atoms with Crippen LogP contribution in [0.15, 0.2) is 60.2 Å². The number of benzene rings is 2. The van der Waals surface area contributed by atoms with Crippen LogP contribution in [-0.4, -0.2) is 35.2 Å². The smallest absolute Gasteiger partial charge is 0.343 e. The molecule has 1 saturated heterocycles. The van der Waals surface area contributed by atoms with Gasteiger partial charge in [0.05, 0.1) is 5.56 Å². The monoisotopic (exact) mass is 459 g/mol. The van der Waals surface area contributed by atoms with Gasteiger partial charge in [-0.2, -0.15) is 5.26 Å². The predicted octanol–water partition coefficient (Wildman–Crippen LogP) is 4.29. The molecule has 1 fully saturated rings. The molecule has 9 heteroatoms. The van der Waals surface area contributed by atoms with E-state index >= 15 is 0 Å². The number of aromatic nitrogens is 2. The van der Waals surface area contributed by atoms with Crippen LogP contribution >= 0.6 is 11.3 Å². The lowest BCUT2D eigenvalue weighted by Gasteiger charge is -2.25. The first-order chi connectivity index (χ1) is 16.1. The molecule has 0 aliphatic carbocycles. The molecule has 2 aromatic carbocycles. The van der Waals surface area contributed by atoms with Crippen LogP contribution in [0.25, 0.3) is 6.08 Å². The Bertz CT molecular complexity index is 1190. The van der Waals surface area contributed by atoms with E-state index in [9.17, 15) is 14.9 Å². The number of nitriles is 1. The number of hydrogen-bond donors (Lipinski definition) is 1. The van der Waals surface area contributed by atoms with Crippen molar-refractivity contribution >= 4 is 39.6 Å². The van der Waals surface area contributed by atoms with Crippen molar-refractivity contribution in [2.24, 2.45) is 0 Å². The van der Waals surface area contributed by atoms with E-state index in [0.29, 0.717) is 22.0 Å². The standard InChI is InChI=1S/C24H21N5O3S/c25-16-19(21(30)26-23-27-28-24(33-23)29-13-5-2-6-14-29)15-17-9-11-20(12-10-17)32-22(31)18-7-3-1-4-8-18/h1,3-4,7-12,15H,2,5-6,13-14H2,(H,26,27,30)/b19-15-. The number of carbonyl (C=O) groups excluding carboxylic acids is 2. The Morgan fingerprint density at radius 1 is 1.03 bits per heavy atom. The average molecular weight is 460 g/mol. The number of ether oxygens (including phenoxy) is 1. The van der Waals surface area contributed by atoms with Crippen molar-refractivity contribution in [3.05, 3.63) is 71.3 Å². The lowest BCUT2D eigenvalue weighted by molar-refractivity contribution is -0.112. The molecule has 1 aliphatic heterocycles. The van der Waals surface area contributed by atoms with E-state index in [1.807, 2.05) is 12.1 Å². The molecule has 8 nitrogen and oxygen atoms in total. The summed E-state index contributed by atoms with van der Waals surface area (Å²) in [5, 5.41) is 21.4. The van der Waals surface area contributed by atoms with Crippen molar-refractivity contribution in [2.45, 2.75) is 19.3 Å². The molecule has 0 bridgehead atoms. The second-order valence-electron chi connectivity index (χ2n) is 7.39. The van der Waals surface area contributed by atoms with Crippen LogP contribution in [0.1, 0.15) is 35.2 Å². The first-order valence-corrected chi connectivity index (χ1v) is 11.3. The second kappa shape index (κ2) is 10.5. The Balaban J connectivity index is 1.38. The molecule has 0 unspecified atom stereocenters. The van der Waals surface area contributed by atoms with Crippen LogP contribution < -0.4 is 15.0 Å². The van der Waals surface area contributed by atoms with E-state index in [-0.39, 0.29) is 5.57 Å². The highest BCUT2D eigenvalue weighted by molar-refractivity contribution is 7.19. The normalized spacial score (nSPS) is 13.8. The molecule has 3 aromatic rings. The third-order valence-electron chi connectivity index (χ3n) is 5.04. The molecule has 1 aromatic heterocycles. The summed E-state index contributed by atoms with van der Waals surface area (Å²) in [7, 11) is 0. The van der Waals surface area contributed by atoms with Gasteiger partial charge < -0.3 is 9.64 Å². The molecule has 0 radical (unpaired) electrons. The summed E-state index contributed by atoms with van der Waals surface area (Å²) in [6, 6.07) is 17.1. The zero-order chi connectivity index (χ0) is 23.0. The van der Waals surface area contributed by atoms with Crippen LogP contribution in [0.4, 0.5) is 10.3 Å². The van der Waals surface area contributed by atoms with Gasteiger partial charge in [-0.15, -0.1) is 10.2 Å². The van der Waals surface area contributed by atoms with Gasteiger partial charge in [0.15, 0.2) is 0 Å². The Labute approximate surface area is 195 Å². The second-order valence-corrected chi connectivity index (χ2v) is 8.34. The van der Waals surface area contributed by atoms with Crippen molar-refractivity contribution in [1.29, 1.82) is 5.26 Å². The Kier molecular flexibility index (Phi) is 7.07. The zero-order valence-corrected chi connectivity index (χ0v) is 18.5. The minimum Gasteiger partial charge on any atom is -0.423 e. The van der Waals surface area contributed by atoms with E-state index in [4.69, 9.17) is 4.74 Å². The lowest BCUT2D eigenvalue weighted by atomic mass is 10.1. The van der Waals surface area contributed by atoms with Gasteiger partial charge in [-0.1, -0.05) is 41.7 Å². The number of amides is 1. The van der Waals surface area contributed by atoms with E-state index in [1.165, 1.54) is 23.8 Å². The quantitative estimate of drug-likeness (QED) is 0.253. The summed E-state index contributed by atoms with van der Waals surface area (Å²) >= 11 is 1.29. The minimum absolute atomic E-state index is 0.0706. The summed E-state index contributed by atoms with van der Waals surface area (Å²) < 4.78 is 5.34. The highest BCUT2D eigenvalue weighted by Gasteiger charge is 2.18. The molecular formula is C24H21N5O3S. The van der Waals surface area contributed by atoms with Gasteiger partial charge in [-0.25, -0.2) is 4.79 Å². The summed E-state index contributed by atoms with van der Waals surface area (Å²) in [6.45, 7) is 1.87. The number of carbonyl (C=O) groups is 2. The zero-order valence-electron chi connectivity index (χ0n) is 17.7. The van der Waals surface area contributed by atoms with E-state index in [0.717, 1.165) is 31.1 Å². The van der Waals surface area contributed by atoms with E-state index in [2.05, 4.69) is 20.4 Å². The van der Waals surface area contributed by atoms with Gasteiger partial charge in [0.2, 0.25) is 10.3 Å². The molecule has 2 heterocycles. The van der Waals surface area contributed by atoms with Crippen molar-refractivity contribution in [2.75, 3.05) is 23.3 Å². The molecule has 0 atom stereocenters.